The van der Waals surface area contributed by atoms with Gasteiger partial charge in [-0.3, -0.25) is 14.5 Å². The van der Waals surface area contributed by atoms with E-state index >= 15 is 0 Å². The van der Waals surface area contributed by atoms with E-state index in [4.69, 9.17) is 0 Å². The van der Waals surface area contributed by atoms with Gasteiger partial charge in [-0.15, -0.1) is 11.3 Å². The number of rotatable bonds is 5. The first-order valence-electron chi connectivity index (χ1n) is 11.3. The van der Waals surface area contributed by atoms with Gasteiger partial charge in [0.05, 0.1) is 6.04 Å². The average Bonchev–Trinajstić information content (AvgIpc) is 3.22. The van der Waals surface area contributed by atoms with Crippen molar-refractivity contribution in [3.05, 3.63) is 57.8 Å². The van der Waals surface area contributed by atoms with Crippen molar-refractivity contribution in [2.24, 2.45) is 17.8 Å². The minimum Gasteiger partial charge on any atom is -0.354 e. The minimum absolute atomic E-state index is 0.000689. The third-order valence-corrected chi connectivity index (χ3v) is 8.37. The Morgan fingerprint density at radius 3 is 2.67 bits per heavy atom. The number of benzene rings is 1. The lowest BCUT2D eigenvalue weighted by Crippen LogP contribution is -2.45. The molecule has 2 fully saturated rings. The highest BCUT2D eigenvalue weighted by molar-refractivity contribution is 7.10. The van der Waals surface area contributed by atoms with Gasteiger partial charge < -0.3 is 5.32 Å². The summed E-state index contributed by atoms with van der Waals surface area (Å²) in [5.41, 5.74) is 2.68. The Hall–Kier alpha value is -1.98. The summed E-state index contributed by atoms with van der Waals surface area (Å²) in [5, 5.41) is 5.47. The summed E-state index contributed by atoms with van der Waals surface area (Å²) in [4.78, 5) is 29.5. The molecule has 2 heterocycles. The number of carbonyl (C=O) groups excluding carboxylic acids is 2. The van der Waals surface area contributed by atoms with E-state index in [1.807, 2.05) is 17.4 Å². The van der Waals surface area contributed by atoms with Gasteiger partial charge in [0.1, 0.15) is 5.78 Å². The Morgan fingerprint density at radius 2 is 1.90 bits per heavy atom. The number of amides is 1. The average molecular weight is 423 g/mol. The van der Waals surface area contributed by atoms with E-state index in [1.165, 1.54) is 16.0 Å². The van der Waals surface area contributed by atoms with Crippen LogP contribution in [0.25, 0.3) is 0 Å². The van der Waals surface area contributed by atoms with Crippen molar-refractivity contribution in [3.8, 4) is 0 Å². The molecule has 4 atom stereocenters. The lowest BCUT2D eigenvalue weighted by Gasteiger charge is -2.38. The van der Waals surface area contributed by atoms with Crippen LogP contribution in [-0.4, -0.2) is 29.7 Å². The Morgan fingerprint density at radius 1 is 1.13 bits per heavy atom. The molecule has 2 aromatic rings. The molecule has 2 saturated carbocycles. The highest BCUT2D eigenvalue weighted by Crippen LogP contribution is 2.40. The fourth-order valence-electron chi connectivity index (χ4n) is 5.70. The molecule has 2 bridgehead atoms. The molecule has 2 aliphatic carbocycles. The molecule has 1 aromatic carbocycles. The molecule has 158 valence electrons. The van der Waals surface area contributed by atoms with Crippen molar-refractivity contribution < 1.29 is 9.59 Å². The predicted octanol–water partition coefficient (Wildman–Crippen LogP) is 4.36. The topological polar surface area (TPSA) is 49.4 Å². The molecule has 1 N–H and O–H groups in total. The molecule has 0 spiro atoms. The molecule has 0 saturated heterocycles. The van der Waals surface area contributed by atoms with Crippen LogP contribution in [0.2, 0.25) is 0 Å². The van der Waals surface area contributed by atoms with Gasteiger partial charge in [0.25, 0.3) is 0 Å². The van der Waals surface area contributed by atoms with E-state index in [9.17, 15) is 9.59 Å². The maximum atomic E-state index is 13.1. The Kier molecular flexibility index (Phi) is 5.74. The van der Waals surface area contributed by atoms with Crippen molar-refractivity contribution >= 4 is 23.0 Å². The zero-order chi connectivity index (χ0) is 20.5. The number of thiophene rings is 1. The number of nitrogens with one attached hydrogen (secondary N) is 1. The Balaban J connectivity index is 1.27. The standard InChI is InChI=1S/C25H30N2O2S/c28-24-18-7-4-8-19(24)14-21(13-18)25(29)26-15-22(17-5-2-1-3-6-17)27-11-9-23-20(16-27)10-12-30-23/h1-3,5-6,10,12,18-19,21-22H,4,7-9,11,13-16H2,(H,26,29)/t18-,19+,21?,22-/m1/s1. The van der Waals surface area contributed by atoms with Gasteiger partial charge in [-0.05, 0) is 54.7 Å². The summed E-state index contributed by atoms with van der Waals surface area (Å²) < 4.78 is 0. The van der Waals surface area contributed by atoms with Gasteiger partial charge in [0.15, 0.2) is 0 Å². The molecule has 4 nitrogen and oxygen atoms in total. The molecule has 0 radical (unpaired) electrons. The second-order valence-corrected chi connectivity index (χ2v) is 10.2. The highest BCUT2D eigenvalue weighted by Gasteiger charge is 2.41. The van der Waals surface area contributed by atoms with Crippen LogP contribution >= 0.6 is 11.3 Å². The zero-order valence-electron chi connectivity index (χ0n) is 17.4. The van der Waals surface area contributed by atoms with E-state index in [2.05, 4.69) is 45.9 Å². The molecule has 1 amide bonds. The van der Waals surface area contributed by atoms with Crippen molar-refractivity contribution in [1.29, 1.82) is 0 Å². The van der Waals surface area contributed by atoms with Crippen molar-refractivity contribution in [3.63, 3.8) is 0 Å². The van der Waals surface area contributed by atoms with E-state index in [0.29, 0.717) is 12.3 Å². The summed E-state index contributed by atoms with van der Waals surface area (Å²) in [7, 11) is 0. The lowest BCUT2D eigenvalue weighted by molar-refractivity contribution is -0.137. The number of nitrogens with zero attached hydrogens (tertiary/aromatic N) is 1. The maximum absolute atomic E-state index is 13.1. The van der Waals surface area contributed by atoms with Gasteiger partial charge in [0.2, 0.25) is 5.91 Å². The second kappa shape index (κ2) is 8.64. The van der Waals surface area contributed by atoms with Gasteiger partial charge in [-0.25, -0.2) is 0 Å². The SMILES string of the molecule is O=C(NC[C@H](c1ccccc1)N1CCc2sccc2C1)C1C[C@H]2CCC[C@@H](C1)C2=O. The normalized spacial score (nSPS) is 27.3. The minimum atomic E-state index is -0.000689. The molecular weight excluding hydrogens is 392 g/mol. The van der Waals surface area contributed by atoms with E-state index in [1.54, 1.807) is 0 Å². The predicted molar refractivity (Wildman–Crippen MR) is 119 cm³/mol. The highest BCUT2D eigenvalue weighted by atomic mass is 32.1. The van der Waals surface area contributed by atoms with E-state index < -0.39 is 0 Å². The van der Waals surface area contributed by atoms with Crippen LogP contribution in [0.1, 0.15) is 54.1 Å². The first-order chi connectivity index (χ1) is 14.7. The number of fused-ring (bicyclic) bond motifs is 3. The molecule has 1 aliphatic heterocycles. The number of ketones is 1. The van der Waals surface area contributed by atoms with Crippen molar-refractivity contribution in [2.75, 3.05) is 13.1 Å². The smallest absolute Gasteiger partial charge is 0.223 e. The van der Waals surface area contributed by atoms with Crippen LogP contribution in [0.3, 0.4) is 0 Å². The summed E-state index contributed by atoms with van der Waals surface area (Å²) in [6, 6.07) is 13.0. The molecule has 30 heavy (non-hydrogen) atoms. The molecule has 1 unspecified atom stereocenters. The van der Waals surface area contributed by atoms with Gasteiger partial charge in [-0.2, -0.15) is 0 Å². The van der Waals surface area contributed by atoms with Crippen LogP contribution in [-0.2, 0) is 22.6 Å². The molecule has 5 rings (SSSR count). The molecular formula is C25H30N2O2S. The lowest BCUT2D eigenvalue weighted by atomic mass is 9.67. The summed E-state index contributed by atoms with van der Waals surface area (Å²) >= 11 is 1.86. The van der Waals surface area contributed by atoms with Crippen LogP contribution in [0.4, 0.5) is 0 Å². The number of hydrogen-bond acceptors (Lipinski definition) is 4. The Bertz CT molecular complexity index is 893. The van der Waals surface area contributed by atoms with Crippen molar-refractivity contribution in [2.45, 2.75) is 51.1 Å². The molecule has 5 heteroatoms. The molecule has 1 aromatic heterocycles. The third kappa shape index (κ3) is 3.97. The van der Waals surface area contributed by atoms with Gasteiger partial charge in [0, 0.05) is 42.3 Å². The third-order valence-electron chi connectivity index (χ3n) is 7.35. The number of carbonyl (C=O) groups is 2. The summed E-state index contributed by atoms with van der Waals surface area (Å²) in [6.07, 6.45) is 5.67. The van der Waals surface area contributed by atoms with Gasteiger partial charge >= 0.3 is 0 Å². The van der Waals surface area contributed by atoms with Crippen LogP contribution in [0.5, 0.6) is 0 Å². The zero-order valence-corrected chi connectivity index (χ0v) is 18.2. The summed E-state index contributed by atoms with van der Waals surface area (Å²) in [6.45, 7) is 2.59. The second-order valence-electron chi connectivity index (χ2n) is 9.16. The van der Waals surface area contributed by atoms with Crippen LogP contribution in [0.15, 0.2) is 41.8 Å². The summed E-state index contributed by atoms with van der Waals surface area (Å²) in [5.74, 6) is 0.815. The monoisotopic (exact) mass is 422 g/mol. The van der Waals surface area contributed by atoms with E-state index in [-0.39, 0.29) is 29.7 Å². The van der Waals surface area contributed by atoms with Crippen LogP contribution < -0.4 is 5.32 Å². The first-order valence-corrected chi connectivity index (χ1v) is 12.2. The quantitative estimate of drug-likeness (QED) is 0.779. The fourth-order valence-corrected chi connectivity index (χ4v) is 6.59. The Labute approximate surface area is 182 Å². The fraction of sp³-hybridized carbons (Fsp3) is 0.520. The number of hydrogen-bond donors (Lipinski definition) is 1. The van der Waals surface area contributed by atoms with E-state index in [0.717, 1.165) is 51.6 Å². The maximum Gasteiger partial charge on any atom is 0.223 e. The molecule has 3 aliphatic rings. The van der Waals surface area contributed by atoms with Crippen molar-refractivity contribution in [1.82, 2.24) is 10.2 Å². The largest absolute Gasteiger partial charge is 0.354 e. The van der Waals surface area contributed by atoms with Crippen LogP contribution in [0, 0.1) is 17.8 Å². The number of Topliss-reactive ketones (excluding diaryl/α,β-unsaturated/α-hetero) is 1. The van der Waals surface area contributed by atoms with Gasteiger partial charge in [-0.1, -0.05) is 36.8 Å². The first kappa shape index (κ1) is 20.0.